The van der Waals surface area contributed by atoms with Crippen molar-refractivity contribution in [1.82, 2.24) is 14.5 Å². The van der Waals surface area contributed by atoms with Gasteiger partial charge in [-0.1, -0.05) is 0 Å². The van der Waals surface area contributed by atoms with E-state index in [2.05, 4.69) is 4.98 Å². The summed E-state index contributed by atoms with van der Waals surface area (Å²) in [5.41, 5.74) is -1.98. The quantitative estimate of drug-likeness (QED) is 0.497. The van der Waals surface area contributed by atoms with Crippen LogP contribution in [-0.4, -0.2) is 19.6 Å². The number of rotatable bonds is 0. The van der Waals surface area contributed by atoms with Gasteiger partial charge in [-0.25, -0.2) is 4.79 Å². The number of aryl methyl sites for hydroxylation is 1. The predicted molar refractivity (Wildman–Crippen MR) is 52.1 cm³/mol. The largest absolute Gasteiger partial charge is 0.507 e. The standard InChI is InChI=1S/C8H7N3O4/c1-11-6-5(7(14)10-8(11)15)3(12)2-4(13)9-6/h2H,1H3,(H2,9,12,13)(H,10,14,15). The zero-order valence-corrected chi connectivity index (χ0v) is 7.70. The van der Waals surface area contributed by atoms with E-state index in [1.54, 1.807) is 0 Å². The molecule has 0 radical (unpaired) electrons. The highest BCUT2D eigenvalue weighted by Crippen LogP contribution is 2.13. The summed E-state index contributed by atoms with van der Waals surface area (Å²) in [5.74, 6) is -0.453. The van der Waals surface area contributed by atoms with Gasteiger partial charge in [-0.05, 0) is 0 Å². The number of H-pyrrole nitrogens is 2. The van der Waals surface area contributed by atoms with Gasteiger partial charge in [0.2, 0.25) is 0 Å². The van der Waals surface area contributed by atoms with E-state index in [4.69, 9.17) is 0 Å². The van der Waals surface area contributed by atoms with Gasteiger partial charge in [-0.3, -0.25) is 19.1 Å². The van der Waals surface area contributed by atoms with Crippen molar-refractivity contribution in [3.63, 3.8) is 0 Å². The van der Waals surface area contributed by atoms with Crippen LogP contribution in [0.4, 0.5) is 0 Å². The zero-order valence-electron chi connectivity index (χ0n) is 7.70. The van der Waals surface area contributed by atoms with Crippen LogP contribution >= 0.6 is 0 Å². The fourth-order valence-corrected chi connectivity index (χ4v) is 1.35. The van der Waals surface area contributed by atoms with Crippen molar-refractivity contribution in [2.24, 2.45) is 7.05 Å². The smallest absolute Gasteiger partial charge is 0.329 e. The molecule has 15 heavy (non-hydrogen) atoms. The normalized spacial score (nSPS) is 10.7. The lowest BCUT2D eigenvalue weighted by atomic mass is 10.3. The van der Waals surface area contributed by atoms with Gasteiger partial charge in [0.1, 0.15) is 16.8 Å². The highest BCUT2D eigenvalue weighted by atomic mass is 16.3. The number of aromatic nitrogens is 3. The predicted octanol–water partition coefficient (Wildman–Crippen LogP) is -1.38. The number of aromatic hydroxyl groups is 1. The molecule has 78 valence electrons. The summed E-state index contributed by atoms with van der Waals surface area (Å²) >= 11 is 0. The average Bonchev–Trinajstić information content (AvgIpc) is 2.12. The van der Waals surface area contributed by atoms with Crippen molar-refractivity contribution in [3.8, 4) is 5.75 Å². The Morgan fingerprint density at radius 3 is 2.60 bits per heavy atom. The summed E-state index contributed by atoms with van der Waals surface area (Å²) < 4.78 is 1.04. The highest BCUT2D eigenvalue weighted by Gasteiger charge is 2.09. The molecule has 0 saturated heterocycles. The minimum Gasteiger partial charge on any atom is -0.507 e. The van der Waals surface area contributed by atoms with Gasteiger partial charge in [-0.2, -0.15) is 0 Å². The van der Waals surface area contributed by atoms with Crippen molar-refractivity contribution in [2.45, 2.75) is 0 Å². The van der Waals surface area contributed by atoms with E-state index < -0.39 is 22.6 Å². The Morgan fingerprint density at radius 2 is 1.93 bits per heavy atom. The Morgan fingerprint density at radius 1 is 1.27 bits per heavy atom. The third-order valence-electron chi connectivity index (χ3n) is 2.09. The van der Waals surface area contributed by atoms with Gasteiger partial charge in [0.05, 0.1) is 0 Å². The summed E-state index contributed by atoms with van der Waals surface area (Å²) in [4.78, 5) is 37.9. The van der Waals surface area contributed by atoms with Crippen molar-refractivity contribution in [1.29, 1.82) is 0 Å². The number of pyridine rings is 1. The number of hydrogen-bond donors (Lipinski definition) is 3. The summed E-state index contributed by atoms with van der Waals surface area (Å²) in [6, 6.07) is 0.877. The third kappa shape index (κ3) is 1.25. The molecule has 0 aliphatic carbocycles. The molecule has 2 aromatic heterocycles. The first-order chi connectivity index (χ1) is 7.00. The van der Waals surface area contributed by atoms with Crippen LogP contribution in [-0.2, 0) is 7.05 Å². The van der Waals surface area contributed by atoms with Crippen LogP contribution in [0.2, 0.25) is 0 Å². The topological polar surface area (TPSA) is 108 Å². The molecule has 0 unspecified atom stereocenters. The van der Waals surface area contributed by atoms with Crippen LogP contribution in [0.15, 0.2) is 20.4 Å². The molecule has 7 heteroatoms. The summed E-state index contributed by atoms with van der Waals surface area (Å²) in [6.07, 6.45) is 0. The van der Waals surface area contributed by atoms with E-state index in [0.717, 1.165) is 10.6 Å². The van der Waals surface area contributed by atoms with E-state index >= 15 is 0 Å². The molecular weight excluding hydrogens is 202 g/mol. The third-order valence-corrected chi connectivity index (χ3v) is 2.09. The first kappa shape index (κ1) is 9.25. The molecular formula is C8H7N3O4. The lowest BCUT2D eigenvalue weighted by Gasteiger charge is -2.03. The summed E-state index contributed by atoms with van der Waals surface area (Å²) in [5, 5.41) is 9.28. The van der Waals surface area contributed by atoms with Gasteiger partial charge in [-0.15, -0.1) is 0 Å². The van der Waals surface area contributed by atoms with Crippen molar-refractivity contribution in [2.75, 3.05) is 0 Å². The average molecular weight is 209 g/mol. The van der Waals surface area contributed by atoms with Crippen molar-refractivity contribution < 1.29 is 5.11 Å². The molecule has 0 amide bonds. The molecule has 0 saturated carbocycles. The van der Waals surface area contributed by atoms with E-state index in [1.165, 1.54) is 7.05 Å². The summed E-state index contributed by atoms with van der Waals surface area (Å²) in [6.45, 7) is 0. The minimum absolute atomic E-state index is 0.00579. The molecule has 2 heterocycles. The van der Waals surface area contributed by atoms with Gasteiger partial charge in [0.15, 0.2) is 0 Å². The second-order valence-electron chi connectivity index (χ2n) is 3.06. The molecule has 0 spiro atoms. The maximum atomic E-state index is 11.3. The molecule has 2 aromatic rings. The van der Waals surface area contributed by atoms with Crippen LogP contribution in [0.3, 0.4) is 0 Å². The number of hydrogen-bond acceptors (Lipinski definition) is 4. The number of nitrogens with zero attached hydrogens (tertiary/aromatic N) is 1. The fourth-order valence-electron chi connectivity index (χ4n) is 1.35. The van der Waals surface area contributed by atoms with Gasteiger partial charge in [0, 0.05) is 13.1 Å². The number of nitrogens with one attached hydrogen (secondary N) is 2. The van der Waals surface area contributed by atoms with E-state index in [1.807, 2.05) is 4.98 Å². The number of aromatic amines is 2. The van der Waals surface area contributed by atoms with Gasteiger partial charge < -0.3 is 10.1 Å². The van der Waals surface area contributed by atoms with E-state index in [9.17, 15) is 19.5 Å². The SMILES string of the molecule is Cn1c(=O)[nH]c(=O)c2c(O)cc(=O)[nH]c21. The van der Waals surface area contributed by atoms with E-state index in [-0.39, 0.29) is 11.0 Å². The molecule has 0 atom stereocenters. The Labute approximate surface area is 81.6 Å². The fraction of sp³-hybridized carbons (Fsp3) is 0.125. The van der Waals surface area contributed by atoms with Crippen LogP contribution in [0.5, 0.6) is 5.75 Å². The van der Waals surface area contributed by atoms with Crippen LogP contribution in [0.1, 0.15) is 0 Å². The van der Waals surface area contributed by atoms with E-state index in [0.29, 0.717) is 0 Å². The van der Waals surface area contributed by atoms with Crippen molar-refractivity contribution >= 4 is 11.0 Å². The maximum absolute atomic E-state index is 11.3. The molecule has 0 aliphatic heterocycles. The molecule has 2 rings (SSSR count). The Bertz CT molecular complexity index is 706. The maximum Gasteiger partial charge on any atom is 0.329 e. The second-order valence-corrected chi connectivity index (χ2v) is 3.06. The molecule has 3 N–H and O–H groups in total. The Hall–Kier alpha value is -2.31. The Balaban J connectivity index is 3.24. The monoisotopic (exact) mass is 209 g/mol. The lowest BCUT2D eigenvalue weighted by molar-refractivity contribution is 0.479. The molecule has 0 fully saturated rings. The van der Waals surface area contributed by atoms with Crippen molar-refractivity contribution in [3.05, 3.63) is 37.3 Å². The molecule has 0 aliphatic rings. The minimum atomic E-state index is -0.734. The first-order valence-corrected chi connectivity index (χ1v) is 4.06. The van der Waals surface area contributed by atoms with Crippen LogP contribution in [0, 0.1) is 0 Å². The highest BCUT2D eigenvalue weighted by molar-refractivity contribution is 5.80. The number of fused-ring (bicyclic) bond motifs is 1. The van der Waals surface area contributed by atoms with Gasteiger partial charge >= 0.3 is 5.69 Å². The van der Waals surface area contributed by atoms with Crippen LogP contribution in [0.25, 0.3) is 11.0 Å². The van der Waals surface area contributed by atoms with Gasteiger partial charge in [0.25, 0.3) is 11.1 Å². The molecule has 7 nitrogen and oxygen atoms in total. The molecule has 0 aromatic carbocycles. The second kappa shape index (κ2) is 2.84. The first-order valence-electron chi connectivity index (χ1n) is 4.06. The summed E-state index contributed by atoms with van der Waals surface area (Å²) in [7, 11) is 1.37. The zero-order chi connectivity index (χ0) is 11.2. The van der Waals surface area contributed by atoms with Crippen LogP contribution < -0.4 is 16.8 Å². The Kier molecular flexibility index (Phi) is 1.75. The lowest BCUT2D eigenvalue weighted by Crippen LogP contribution is -2.30. The molecule has 0 bridgehead atoms.